The highest BCUT2D eigenvalue weighted by molar-refractivity contribution is 14.1. The molecule has 92 valence electrons. The Labute approximate surface area is 132 Å². The number of rotatable bonds is 2. The third kappa shape index (κ3) is 3.58. The second-order valence-corrected chi connectivity index (χ2v) is 5.64. The first kappa shape index (κ1) is 13.6. The molecule has 2 aromatic carbocycles. The van der Waals surface area contributed by atoms with Crippen molar-refractivity contribution in [3.63, 3.8) is 0 Å². The number of hydrogen-bond acceptors (Lipinski definition) is 3. The predicted molar refractivity (Wildman–Crippen MR) is 85.0 cm³/mol. The minimum atomic E-state index is -0.733. The van der Waals surface area contributed by atoms with Crippen LogP contribution in [0.15, 0.2) is 48.5 Å². The van der Waals surface area contributed by atoms with Gasteiger partial charge in [0, 0.05) is 0 Å². The van der Waals surface area contributed by atoms with Crippen molar-refractivity contribution in [2.24, 2.45) is 0 Å². The van der Waals surface area contributed by atoms with Crippen molar-refractivity contribution in [2.75, 3.05) is 0 Å². The topological polar surface area (TPSA) is 35.5 Å². The highest BCUT2D eigenvalue weighted by atomic mass is 127. The summed E-state index contributed by atoms with van der Waals surface area (Å²) < 4.78 is 12.0. The van der Waals surface area contributed by atoms with Crippen LogP contribution in [0.25, 0.3) is 0 Å². The molecule has 2 rings (SSSR count). The molecule has 0 aliphatic carbocycles. The molecule has 0 radical (unpaired) electrons. The smallest absolute Gasteiger partial charge is 0.394 e. The molecule has 0 bridgehead atoms. The number of carbonyl (C=O) groups is 1. The maximum atomic E-state index is 11.6. The van der Waals surface area contributed by atoms with Gasteiger partial charge in [-0.1, -0.05) is 24.3 Å². The van der Waals surface area contributed by atoms with Gasteiger partial charge in [0.05, 0.1) is 7.14 Å². The first-order valence-electron chi connectivity index (χ1n) is 5.05. The molecule has 0 saturated heterocycles. The average Bonchev–Trinajstić information content (AvgIpc) is 2.35. The Hall–Kier alpha value is -0.830. The van der Waals surface area contributed by atoms with E-state index in [1.807, 2.05) is 24.3 Å². The van der Waals surface area contributed by atoms with E-state index < -0.39 is 6.16 Å². The van der Waals surface area contributed by atoms with Crippen molar-refractivity contribution in [3.05, 3.63) is 55.7 Å². The first-order chi connectivity index (χ1) is 8.66. The van der Waals surface area contributed by atoms with E-state index >= 15 is 0 Å². The number of halogens is 2. The second kappa shape index (κ2) is 6.37. The lowest BCUT2D eigenvalue weighted by molar-refractivity contribution is 0.151. The van der Waals surface area contributed by atoms with E-state index in [1.165, 1.54) is 0 Å². The highest BCUT2D eigenvalue weighted by Crippen LogP contribution is 2.23. The number of benzene rings is 2. The van der Waals surface area contributed by atoms with Crippen molar-refractivity contribution in [2.45, 2.75) is 0 Å². The van der Waals surface area contributed by atoms with Crippen molar-refractivity contribution in [3.8, 4) is 11.5 Å². The Balaban J connectivity index is 2.06. The Bertz CT molecular complexity index is 520. The second-order valence-electron chi connectivity index (χ2n) is 3.31. The van der Waals surface area contributed by atoms with E-state index in [2.05, 4.69) is 45.2 Å². The molecule has 2 aromatic rings. The fourth-order valence-electron chi connectivity index (χ4n) is 1.26. The number of para-hydroxylation sites is 2. The molecule has 0 fully saturated rings. The fourth-order valence-corrected chi connectivity index (χ4v) is 2.25. The van der Waals surface area contributed by atoms with Gasteiger partial charge in [0.15, 0.2) is 0 Å². The number of hydrogen-bond donors (Lipinski definition) is 0. The predicted octanol–water partition coefficient (Wildman–Crippen LogP) is 4.47. The quantitative estimate of drug-likeness (QED) is 0.373. The van der Waals surface area contributed by atoms with Crippen LogP contribution in [0.1, 0.15) is 0 Å². The standard InChI is InChI=1S/C13H8I2O3/c14-9-5-1-3-7-11(9)17-13(16)18-12-8-4-2-6-10(12)15/h1-8H. The Morgan fingerprint density at radius 2 is 1.17 bits per heavy atom. The largest absolute Gasteiger partial charge is 0.519 e. The van der Waals surface area contributed by atoms with Crippen LogP contribution < -0.4 is 9.47 Å². The Morgan fingerprint density at radius 1 is 0.778 bits per heavy atom. The van der Waals surface area contributed by atoms with Crippen LogP contribution >= 0.6 is 45.2 Å². The van der Waals surface area contributed by atoms with Crippen LogP contribution in [-0.2, 0) is 0 Å². The number of carbonyl (C=O) groups excluding carboxylic acids is 1. The van der Waals surface area contributed by atoms with Crippen LogP contribution in [0, 0.1) is 7.14 Å². The monoisotopic (exact) mass is 466 g/mol. The van der Waals surface area contributed by atoms with Gasteiger partial charge >= 0.3 is 6.16 Å². The molecule has 0 N–H and O–H groups in total. The molecule has 5 heteroatoms. The van der Waals surface area contributed by atoms with Gasteiger partial charge < -0.3 is 9.47 Å². The van der Waals surface area contributed by atoms with E-state index in [9.17, 15) is 4.79 Å². The molecule has 0 unspecified atom stereocenters. The molecule has 0 spiro atoms. The summed E-state index contributed by atoms with van der Waals surface area (Å²) in [6.07, 6.45) is -0.733. The van der Waals surface area contributed by atoms with Crippen molar-refractivity contribution < 1.29 is 14.3 Å². The molecule has 0 aliphatic rings. The van der Waals surface area contributed by atoms with E-state index in [0.717, 1.165) is 7.14 Å². The summed E-state index contributed by atoms with van der Waals surface area (Å²) in [6, 6.07) is 14.5. The third-order valence-corrected chi connectivity index (χ3v) is 3.84. The highest BCUT2D eigenvalue weighted by Gasteiger charge is 2.11. The zero-order chi connectivity index (χ0) is 13.0. The molecular formula is C13H8I2O3. The van der Waals surface area contributed by atoms with Gasteiger partial charge in [-0.3, -0.25) is 0 Å². The SMILES string of the molecule is O=C(Oc1ccccc1I)Oc1ccccc1I. The van der Waals surface area contributed by atoms with Gasteiger partial charge in [-0.2, -0.15) is 0 Å². The summed E-state index contributed by atoms with van der Waals surface area (Å²) in [6.45, 7) is 0. The molecule has 3 nitrogen and oxygen atoms in total. The maximum absolute atomic E-state index is 11.6. The fraction of sp³-hybridized carbons (Fsp3) is 0. The summed E-state index contributed by atoms with van der Waals surface area (Å²) in [5.41, 5.74) is 0. The van der Waals surface area contributed by atoms with E-state index in [4.69, 9.17) is 9.47 Å². The Morgan fingerprint density at radius 3 is 1.56 bits per heavy atom. The normalized spacial score (nSPS) is 9.89. The van der Waals surface area contributed by atoms with Crippen molar-refractivity contribution in [1.82, 2.24) is 0 Å². The molecule has 18 heavy (non-hydrogen) atoms. The van der Waals surface area contributed by atoms with Crippen LogP contribution in [0.5, 0.6) is 11.5 Å². The molecular weight excluding hydrogens is 458 g/mol. The lowest BCUT2D eigenvalue weighted by Crippen LogP contribution is -2.14. The lowest BCUT2D eigenvalue weighted by Gasteiger charge is -2.07. The van der Waals surface area contributed by atoms with Crippen molar-refractivity contribution >= 4 is 51.3 Å². The maximum Gasteiger partial charge on any atom is 0.519 e. The molecule has 0 heterocycles. The molecule has 0 atom stereocenters. The van der Waals surface area contributed by atoms with Crippen LogP contribution in [-0.4, -0.2) is 6.16 Å². The van der Waals surface area contributed by atoms with E-state index in [0.29, 0.717) is 11.5 Å². The zero-order valence-electron chi connectivity index (χ0n) is 9.10. The molecule has 0 amide bonds. The van der Waals surface area contributed by atoms with Crippen LogP contribution in [0.2, 0.25) is 0 Å². The van der Waals surface area contributed by atoms with Gasteiger partial charge in [-0.15, -0.1) is 0 Å². The third-order valence-electron chi connectivity index (χ3n) is 2.06. The molecule has 0 saturated carbocycles. The first-order valence-corrected chi connectivity index (χ1v) is 7.21. The Kier molecular flexibility index (Phi) is 4.81. The summed E-state index contributed by atoms with van der Waals surface area (Å²) in [5.74, 6) is 0.989. The van der Waals surface area contributed by atoms with E-state index in [-0.39, 0.29) is 0 Å². The zero-order valence-corrected chi connectivity index (χ0v) is 13.4. The summed E-state index contributed by atoms with van der Waals surface area (Å²) in [5, 5.41) is 0. The summed E-state index contributed by atoms with van der Waals surface area (Å²) in [7, 11) is 0. The van der Waals surface area contributed by atoms with Gasteiger partial charge in [-0.05, 0) is 69.4 Å². The van der Waals surface area contributed by atoms with Crippen LogP contribution in [0.3, 0.4) is 0 Å². The van der Waals surface area contributed by atoms with Gasteiger partial charge in [-0.25, -0.2) is 4.79 Å². The average molecular weight is 466 g/mol. The van der Waals surface area contributed by atoms with Crippen molar-refractivity contribution in [1.29, 1.82) is 0 Å². The minimum Gasteiger partial charge on any atom is -0.394 e. The minimum absolute atomic E-state index is 0.494. The van der Waals surface area contributed by atoms with E-state index in [1.54, 1.807) is 24.3 Å². The lowest BCUT2D eigenvalue weighted by atomic mass is 10.3. The van der Waals surface area contributed by atoms with Gasteiger partial charge in [0.1, 0.15) is 11.5 Å². The number of ether oxygens (including phenoxy) is 2. The summed E-state index contributed by atoms with van der Waals surface area (Å²) >= 11 is 4.19. The molecule has 0 aliphatic heterocycles. The van der Waals surface area contributed by atoms with Gasteiger partial charge in [0.25, 0.3) is 0 Å². The van der Waals surface area contributed by atoms with Crippen LogP contribution in [0.4, 0.5) is 4.79 Å². The molecule has 0 aromatic heterocycles. The van der Waals surface area contributed by atoms with Gasteiger partial charge in [0.2, 0.25) is 0 Å². The summed E-state index contributed by atoms with van der Waals surface area (Å²) in [4.78, 5) is 11.6.